The maximum atomic E-state index is 13.1. The second-order valence-corrected chi connectivity index (χ2v) is 6.14. The van der Waals surface area contributed by atoms with Crippen molar-refractivity contribution in [1.82, 2.24) is 15.3 Å². The number of anilines is 1. The Morgan fingerprint density at radius 2 is 1.55 bits per heavy atom. The zero-order valence-corrected chi connectivity index (χ0v) is 14.9. The molecule has 4 amide bonds. The minimum atomic E-state index is -0.903. The summed E-state index contributed by atoms with van der Waals surface area (Å²) in [6.45, 7) is 0. The van der Waals surface area contributed by atoms with Crippen LogP contribution in [0.2, 0.25) is 0 Å². The van der Waals surface area contributed by atoms with Crippen molar-refractivity contribution in [3.8, 4) is 11.4 Å². The molecule has 0 unspecified atom stereocenters. The fourth-order valence-corrected chi connectivity index (χ4v) is 2.80. The number of hydrogen-bond donors (Lipinski definition) is 1. The van der Waals surface area contributed by atoms with E-state index in [1.807, 2.05) is 30.3 Å². The SMILES string of the molecule is O=C1NC(=O)N(c2ccc(F)cc2)C(=O)/C1=C\c1cnc(-c2ccccc2)nc1. The van der Waals surface area contributed by atoms with E-state index in [0.717, 1.165) is 22.6 Å². The first-order chi connectivity index (χ1) is 14.0. The molecule has 4 rings (SSSR count). The van der Waals surface area contributed by atoms with E-state index >= 15 is 0 Å². The van der Waals surface area contributed by atoms with Gasteiger partial charge in [-0.05, 0) is 30.3 Å². The largest absolute Gasteiger partial charge is 0.335 e. The van der Waals surface area contributed by atoms with Crippen LogP contribution in [0, 0.1) is 5.82 Å². The first kappa shape index (κ1) is 18.2. The number of rotatable bonds is 3. The van der Waals surface area contributed by atoms with Gasteiger partial charge in [0.25, 0.3) is 11.8 Å². The maximum Gasteiger partial charge on any atom is 0.335 e. The Hall–Kier alpha value is -4.20. The average molecular weight is 388 g/mol. The Labute approximate surface area is 164 Å². The van der Waals surface area contributed by atoms with E-state index < -0.39 is 23.7 Å². The van der Waals surface area contributed by atoms with Gasteiger partial charge in [-0.25, -0.2) is 24.1 Å². The van der Waals surface area contributed by atoms with Crippen molar-refractivity contribution in [2.45, 2.75) is 0 Å². The molecule has 0 spiro atoms. The molecule has 3 aromatic rings. The van der Waals surface area contributed by atoms with Crippen molar-refractivity contribution in [1.29, 1.82) is 0 Å². The summed E-state index contributed by atoms with van der Waals surface area (Å²) in [5, 5.41) is 2.10. The lowest BCUT2D eigenvalue weighted by atomic mass is 10.1. The summed E-state index contributed by atoms with van der Waals surface area (Å²) < 4.78 is 13.1. The average Bonchev–Trinajstić information content (AvgIpc) is 2.73. The number of halogens is 1. The van der Waals surface area contributed by atoms with Gasteiger partial charge in [0.1, 0.15) is 11.4 Å². The molecular formula is C21H13FN4O3. The molecule has 0 saturated carbocycles. The van der Waals surface area contributed by atoms with Crippen molar-refractivity contribution in [2.75, 3.05) is 4.90 Å². The molecule has 2 heterocycles. The van der Waals surface area contributed by atoms with E-state index in [9.17, 15) is 18.8 Å². The van der Waals surface area contributed by atoms with Gasteiger partial charge in [-0.3, -0.25) is 14.9 Å². The molecule has 1 aliphatic rings. The molecule has 1 aromatic heterocycles. The number of barbiturate groups is 1. The van der Waals surface area contributed by atoms with Crippen LogP contribution in [0.15, 0.2) is 72.6 Å². The number of nitrogens with zero attached hydrogens (tertiary/aromatic N) is 3. The van der Waals surface area contributed by atoms with Crippen molar-refractivity contribution in [3.63, 3.8) is 0 Å². The Kier molecular flexibility index (Phi) is 4.66. The van der Waals surface area contributed by atoms with Crippen LogP contribution < -0.4 is 10.2 Å². The molecule has 0 radical (unpaired) electrons. The highest BCUT2D eigenvalue weighted by Gasteiger charge is 2.36. The van der Waals surface area contributed by atoms with Gasteiger partial charge in [0.2, 0.25) is 0 Å². The van der Waals surface area contributed by atoms with Gasteiger partial charge >= 0.3 is 6.03 Å². The van der Waals surface area contributed by atoms with Gasteiger partial charge in [-0.1, -0.05) is 30.3 Å². The summed E-state index contributed by atoms with van der Waals surface area (Å²) in [7, 11) is 0. The summed E-state index contributed by atoms with van der Waals surface area (Å²) >= 11 is 0. The number of hydrogen-bond acceptors (Lipinski definition) is 5. The van der Waals surface area contributed by atoms with Gasteiger partial charge in [0.05, 0.1) is 5.69 Å². The first-order valence-electron chi connectivity index (χ1n) is 8.57. The molecule has 1 N–H and O–H groups in total. The standard InChI is InChI=1S/C21H13FN4O3/c22-15-6-8-16(9-7-15)26-20(28)17(19(27)25-21(26)29)10-13-11-23-18(24-12-13)14-4-2-1-3-5-14/h1-12H,(H,25,27,29)/b17-10-. The zero-order valence-electron chi connectivity index (χ0n) is 14.9. The number of carbonyl (C=O) groups excluding carboxylic acids is 3. The van der Waals surface area contributed by atoms with E-state index in [1.165, 1.54) is 30.6 Å². The fraction of sp³-hybridized carbons (Fsp3) is 0. The highest BCUT2D eigenvalue weighted by atomic mass is 19.1. The van der Waals surface area contributed by atoms with Crippen molar-refractivity contribution in [3.05, 3.63) is 83.9 Å². The first-order valence-corrected chi connectivity index (χ1v) is 8.57. The van der Waals surface area contributed by atoms with Crippen LogP contribution in [0.1, 0.15) is 5.56 Å². The monoisotopic (exact) mass is 388 g/mol. The molecule has 142 valence electrons. The molecule has 2 aromatic carbocycles. The summed E-state index contributed by atoms with van der Waals surface area (Å²) in [5.41, 5.74) is 1.12. The molecule has 1 saturated heterocycles. The Bertz CT molecular complexity index is 1130. The number of nitrogens with one attached hydrogen (secondary N) is 1. The molecule has 0 atom stereocenters. The third-order valence-corrected chi connectivity index (χ3v) is 4.20. The summed E-state index contributed by atoms with van der Waals surface area (Å²) in [6, 6.07) is 13.2. The molecule has 1 fully saturated rings. The van der Waals surface area contributed by atoms with E-state index in [-0.39, 0.29) is 11.3 Å². The van der Waals surface area contributed by atoms with Gasteiger partial charge in [0, 0.05) is 23.5 Å². The van der Waals surface area contributed by atoms with Crippen LogP contribution in [-0.2, 0) is 9.59 Å². The Morgan fingerprint density at radius 3 is 2.21 bits per heavy atom. The molecular weight excluding hydrogens is 375 g/mol. The third kappa shape index (κ3) is 3.63. The number of carbonyl (C=O) groups is 3. The normalized spacial score (nSPS) is 15.6. The number of urea groups is 1. The predicted molar refractivity (Wildman–Crippen MR) is 103 cm³/mol. The molecule has 29 heavy (non-hydrogen) atoms. The summed E-state index contributed by atoms with van der Waals surface area (Å²) in [4.78, 5) is 46.3. The highest BCUT2D eigenvalue weighted by molar-refractivity contribution is 6.39. The molecule has 7 nitrogen and oxygen atoms in total. The molecule has 1 aliphatic heterocycles. The van der Waals surface area contributed by atoms with E-state index in [4.69, 9.17) is 0 Å². The zero-order chi connectivity index (χ0) is 20.4. The van der Waals surface area contributed by atoms with Crippen LogP contribution >= 0.6 is 0 Å². The van der Waals surface area contributed by atoms with Crippen molar-refractivity contribution >= 4 is 29.6 Å². The topological polar surface area (TPSA) is 92.3 Å². The minimum absolute atomic E-state index is 0.142. The van der Waals surface area contributed by atoms with E-state index in [0.29, 0.717) is 11.4 Å². The fourth-order valence-electron chi connectivity index (χ4n) is 2.80. The Morgan fingerprint density at radius 1 is 0.897 bits per heavy atom. The number of benzene rings is 2. The van der Waals surface area contributed by atoms with Crippen LogP contribution in [0.25, 0.3) is 17.5 Å². The molecule has 0 aliphatic carbocycles. The Balaban J connectivity index is 1.65. The quantitative estimate of drug-likeness (QED) is 0.550. The third-order valence-electron chi connectivity index (χ3n) is 4.20. The number of aromatic nitrogens is 2. The van der Waals surface area contributed by atoms with E-state index in [1.54, 1.807) is 0 Å². The highest BCUT2D eigenvalue weighted by Crippen LogP contribution is 2.22. The van der Waals surface area contributed by atoms with Crippen LogP contribution in [0.3, 0.4) is 0 Å². The lowest BCUT2D eigenvalue weighted by Gasteiger charge is -2.26. The number of amides is 4. The van der Waals surface area contributed by atoms with Gasteiger partial charge in [-0.2, -0.15) is 0 Å². The van der Waals surface area contributed by atoms with Gasteiger partial charge in [0.15, 0.2) is 5.82 Å². The number of imide groups is 2. The van der Waals surface area contributed by atoms with Gasteiger partial charge in [-0.15, -0.1) is 0 Å². The minimum Gasteiger partial charge on any atom is -0.273 e. The summed E-state index contributed by atoms with van der Waals surface area (Å²) in [6.07, 6.45) is 4.25. The summed E-state index contributed by atoms with van der Waals surface area (Å²) in [5.74, 6) is -1.67. The van der Waals surface area contributed by atoms with E-state index in [2.05, 4.69) is 15.3 Å². The van der Waals surface area contributed by atoms with Crippen molar-refractivity contribution in [2.24, 2.45) is 0 Å². The lowest BCUT2D eigenvalue weighted by Crippen LogP contribution is -2.54. The van der Waals surface area contributed by atoms with Crippen LogP contribution in [0.4, 0.5) is 14.9 Å². The van der Waals surface area contributed by atoms with Crippen LogP contribution in [0.5, 0.6) is 0 Å². The lowest BCUT2D eigenvalue weighted by molar-refractivity contribution is -0.122. The maximum absolute atomic E-state index is 13.1. The van der Waals surface area contributed by atoms with Crippen LogP contribution in [-0.4, -0.2) is 27.8 Å². The molecule has 0 bridgehead atoms. The second-order valence-electron chi connectivity index (χ2n) is 6.14. The van der Waals surface area contributed by atoms with Gasteiger partial charge < -0.3 is 0 Å². The smallest absolute Gasteiger partial charge is 0.273 e. The van der Waals surface area contributed by atoms with Crippen molar-refractivity contribution < 1.29 is 18.8 Å². The second kappa shape index (κ2) is 7.43. The molecule has 8 heteroatoms. The predicted octanol–water partition coefficient (Wildman–Crippen LogP) is 2.95.